The van der Waals surface area contributed by atoms with Crippen molar-refractivity contribution < 1.29 is 32.8 Å². The molecule has 0 atom stereocenters. The maximum Gasteiger partial charge on any atom is 0.404 e. The molecule has 1 aromatic heterocycles. The summed E-state index contributed by atoms with van der Waals surface area (Å²) < 4.78 is 29.4. The third kappa shape index (κ3) is 4.94. The Balaban J connectivity index is 2.13. The second-order valence-electron chi connectivity index (χ2n) is 6.98. The smallest absolute Gasteiger partial charge is 0.404 e. The Labute approximate surface area is 181 Å². The number of nitrogens with zero attached hydrogens (tertiary/aromatic N) is 1. The van der Waals surface area contributed by atoms with Crippen LogP contribution in [0.1, 0.15) is 24.2 Å². The SMILES string of the molecule is CC(C)Oc1cc2c(C(=O)NCCOC(N)=O)c(-c3ccc(F)cc3)oc2cc1[N+](=O)[O-]. The molecule has 3 rings (SSSR count). The van der Waals surface area contributed by atoms with Crippen molar-refractivity contribution in [3.8, 4) is 17.1 Å². The van der Waals surface area contributed by atoms with E-state index in [-0.39, 0.29) is 53.0 Å². The van der Waals surface area contributed by atoms with E-state index in [1.165, 1.54) is 36.4 Å². The van der Waals surface area contributed by atoms with E-state index in [1.54, 1.807) is 13.8 Å². The van der Waals surface area contributed by atoms with Crippen LogP contribution in [0.25, 0.3) is 22.3 Å². The highest BCUT2D eigenvalue weighted by molar-refractivity contribution is 6.11. The van der Waals surface area contributed by atoms with Crippen molar-refractivity contribution in [1.82, 2.24) is 5.32 Å². The standard InChI is InChI=1S/C21H20FN3O7/c1-11(2)31-17-9-14-16(10-15(17)25(28)29)32-19(12-3-5-13(22)6-4-12)18(14)20(26)24-7-8-30-21(23)27/h3-6,9-11H,7-8H2,1-2H3,(H2,23,27)(H,24,26). The molecule has 2 amide bonds. The number of hydrogen-bond donors (Lipinski definition) is 2. The minimum absolute atomic E-state index is 0.0323. The van der Waals surface area contributed by atoms with Crippen LogP contribution < -0.4 is 15.8 Å². The number of rotatable bonds is 8. The molecule has 168 valence electrons. The zero-order valence-corrected chi connectivity index (χ0v) is 17.2. The van der Waals surface area contributed by atoms with Gasteiger partial charge in [-0.15, -0.1) is 0 Å². The molecule has 0 radical (unpaired) electrons. The van der Waals surface area contributed by atoms with Crippen molar-refractivity contribution in [2.24, 2.45) is 5.73 Å². The number of fused-ring (bicyclic) bond motifs is 1. The lowest BCUT2D eigenvalue weighted by molar-refractivity contribution is -0.385. The van der Waals surface area contributed by atoms with E-state index in [0.717, 1.165) is 0 Å². The van der Waals surface area contributed by atoms with Crippen LogP contribution in [0.15, 0.2) is 40.8 Å². The lowest BCUT2D eigenvalue weighted by Gasteiger charge is -2.10. The van der Waals surface area contributed by atoms with Crippen LogP contribution in [0.5, 0.6) is 5.75 Å². The summed E-state index contributed by atoms with van der Waals surface area (Å²) in [6, 6.07) is 7.76. The van der Waals surface area contributed by atoms with E-state index in [0.29, 0.717) is 5.56 Å². The number of primary amides is 1. The molecule has 0 spiro atoms. The number of furan rings is 1. The van der Waals surface area contributed by atoms with Crippen molar-refractivity contribution in [3.63, 3.8) is 0 Å². The van der Waals surface area contributed by atoms with Gasteiger partial charge in [0.2, 0.25) is 0 Å². The average Bonchev–Trinajstić information content (AvgIpc) is 3.08. The largest absolute Gasteiger partial charge is 0.484 e. The molecule has 3 aromatic rings. The number of nitrogens with one attached hydrogen (secondary N) is 1. The fourth-order valence-electron chi connectivity index (χ4n) is 3.04. The molecular formula is C21H20FN3O7. The van der Waals surface area contributed by atoms with Crippen molar-refractivity contribution >= 4 is 28.7 Å². The lowest BCUT2D eigenvalue weighted by Crippen LogP contribution is -2.29. The normalized spacial score (nSPS) is 10.9. The van der Waals surface area contributed by atoms with Gasteiger partial charge in [-0.05, 0) is 44.2 Å². The summed E-state index contributed by atoms with van der Waals surface area (Å²) in [6.07, 6.45) is -1.35. The molecular weight excluding hydrogens is 425 g/mol. The average molecular weight is 445 g/mol. The van der Waals surface area contributed by atoms with Gasteiger partial charge in [-0.2, -0.15) is 0 Å². The first kappa shape index (κ1) is 22.5. The first-order chi connectivity index (χ1) is 15.2. The predicted octanol–water partition coefficient (Wildman–Crippen LogP) is 3.76. The van der Waals surface area contributed by atoms with Gasteiger partial charge >= 0.3 is 11.8 Å². The Morgan fingerprint density at radius 2 is 1.94 bits per heavy atom. The van der Waals surface area contributed by atoms with Crippen molar-refractivity contribution in [2.75, 3.05) is 13.2 Å². The number of carbonyl (C=O) groups excluding carboxylic acids is 2. The summed E-state index contributed by atoms with van der Waals surface area (Å²) in [5, 5.41) is 14.4. The monoisotopic (exact) mass is 445 g/mol. The van der Waals surface area contributed by atoms with Gasteiger partial charge in [0.25, 0.3) is 5.91 Å². The number of nitrogens with two attached hydrogens (primary N) is 1. The minimum atomic E-state index is -0.984. The Morgan fingerprint density at radius 3 is 2.53 bits per heavy atom. The van der Waals surface area contributed by atoms with Gasteiger partial charge in [-0.25, -0.2) is 9.18 Å². The van der Waals surface area contributed by atoms with Crippen LogP contribution >= 0.6 is 0 Å². The predicted molar refractivity (Wildman–Crippen MR) is 112 cm³/mol. The molecule has 1 heterocycles. The first-order valence-corrected chi connectivity index (χ1v) is 9.55. The second kappa shape index (κ2) is 9.33. The van der Waals surface area contributed by atoms with Crippen molar-refractivity contribution in [1.29, 1.82) is 0 Å². The fourth-order valence-corrected chi connectivity index (χ4v) is 3.04. The molecule has 0 bridgehead atoms. The number of nitro groups is 1. The van der Waals surface area contributed by atoms with Gasteiger partial charge in [0, 0.05) is 10.9 Å². The third-order valence-corrected chi connectivity index (χ3v) is 4.29. The number of carbonyl (C=O) groups is 2. The first-order valence-electron chi connectivity index (χ1n) is 9.55. The molecule has 0 saturated carbocycles. The highest BCUT2D eigenvalue weighted by Gasteiger charge is 2.27. The highest BCUT2D eigenvalue weighted by atomic mass is 19.1. The summed E-state index contributed by atoms with van der Waals surface area (Å²) in [6.45, 7) is 3.22. The molecule has 11 heteroatoms. The lowest BCUT2D eigenvalue weighted by atomic mass is 10.0. The van der Waals surface area contributed by atoms with Crippen LogP contribution in [-0.2, 0) is 4.74 Å². The zero-order chi connectivity index (χ0) is 23.4. The molecule has 10 nitrogen and oxygen atoms in total. The zero-order valence-electron chi connectivity index (χ0n) is 17.2. The Morgan fingerprint density at radius 1 is 1.25 bits per heavy atom. The number of halogens is 1. The maximum absolute atomic E-state index is 13.4. The van der Waals surface area contributed by atoms with Gasteiger partial charge in [-0.3, -0.25) is 14.9 Å². The molecule has 32 heavy (non-hydrogen) atoms. The molecule has 0 saturated heterocycles. The van der Waals surface area contributed by atoms with E-state index in [2.05, 4.69) is 10.1 Å². The fraction of sp³-hybridized carbons (Fsp3) is 0.238. The van der Waals surface area contributed by atoms with Crippen LogP contribution in [0.2, 0.25) is 0 Å². The van der Waals surface area contributed by atoms with Gasteiger partial charge in [-0.1, -0.05) is 0 Å². The number of ether oxygens (including phenoxy) is 2. The number of hydrogen-bond acceptors (Lipinski definition) is 7. The molecule has 2 aromatic carbocycles. The summed E-state index contributed by atoms with van der Waals surface area (Å²) in [5.41, 5.74) is 5.09. The highest BCUT2D eigenvalue weighted by Crippen LogP contribution is 2.40. The topological polar surface area (TPSA) is 147 Å². The molecule has 0 unspecified atom stereocenters. The van der Waals surface area contributed by atoms with Crippen LogP contribution in [-0.4, -0.2) is 36.2 Å². The van der Waals surface area contributed by atoms with E-state index in [4.69, 9.17) is 14.9 Å². The van der Waals surface area contributed by atoms with E-state index < -0.39 is 22.7 Å². The number of amides is 2. The van der Waals surface area contributed by atoms with E-state index in [1.807, 2.05) is 0 Å². The molecule has 0 fully saturated rings. The van der Waals surface area contributed by atoms with Crippen LogP contribution in [0, 0.1) is 15.9 Å². The Hall–Kier alpha value is -4.15. The second-order valence-corrected chi connectivity index (χ2v) is 6.98. The van der Waals surface area contributed by atoms with E-state index in [9.17, 15) is 24.1 Å². The summed E-state index contributed by atoms with van der Waals surface area (Å²) >= 11 is 0. The van der Waals surface area contributed by atoms with Gasteiger partial charge in [0.05, 0.1) is 29.2 Å². The van der Waals surface area contributed by atoms with Crippen molar-refractivity contribution in [2.45, 2.75) is 20.0 Å². The molecule has 0 aliphatic rings. The Kier molecular flexibility index (Phi) is 6.57. The number of nitro benzene ring substituents is 1. The molecule has 0 aliphatic heterocycles. The van der Waals surface area contributed by atoms with Gasteiger partial charge < -0.3 is 24.9 Å². The minimum Gasteiger partial charge on any atom is -0.484 e. The van der Waals surface area contributed by atoms with Gasteiger partial charge in [0.15, 0.2) is 5.75 Å². The summed E-state index contributed by atoms with van der Waals surface area (Å²) in [5.74, 6) is -1.03. The quantitative estimate of drug-likeness (QED) is 0.305. The molecule has 3 N–H and O–H groups in total. The number of benzene rings is 2. The van der Waals surface area contributed by atoms with E-state index >= 15 is 0 Å². The van der Waals surface area contributed by atoms with Crippen molar-refractivity contribution in [3.05, 3.63) is 57.9 Å². The van der Waals surface area contributed by atoms with Crippen LogP contribution in [0.4, 0.5) is 14.9 Å². The summed E-state index contributed by atoms with van der Waals surface area (Å²) in [7, 11) is 0. The molecule has 0 aliphatic carbocycles. The third-order valence-electron chi connectivity index (χ3n) is 4.29. The summed E-state index contributed by atoms with van der Waals surface area (Å²) in [4.78, 5) is 34.6. The Bertz CT molecular complexity index is 1170. The van der Waals surface area contributed by atoms with Crippen LogP contribution in [0.3, 0.4) is 0 Å². The maximum atomic E-state index is 13.4. The van der Waals surface area contributed by atoms with Gasteiger partial charge in [0.1, 0.15) is 23.8 Å².